The number of amides is 4. The Labute approximate surface area is 138 Å². The number of carbonyl (C=O) groups excluding carboxylic acids is 4. The minimum absolute atomic E-state index is 0.150. The van der Waals surface area contributed by atoms with E-state index in [-0.39, 0.29) is 18.5 Å². The highest BCUT2D eigenvalue weighted by Crippen LogP contribution is 2.36. The van der Waals surface area contributed by atoms with Crippen molar-refractivity contribution in [3.05, 3.63) is 16.5 Å². The molecule has 1 aliphatic heterocycles. The lowest BCUT2D eigenvalue weighted by molar-refractivity contribution is -0.148. The Morgan fingerprint density at radius 3 is 2.30 bits per heavy atom. The van der Waals surface area contributed by atoms with E-state index in [0.717, 1.165) is 9.78 Å². The lowest BCUT2D eigenvalue weighted by Crippen LogP contribution is -2.54. The number of rotatable bonds is 3. The summed E-state index contributed by atoms with van der Waals surface area (Å²) in [5, 5.41) is 2.95. The summed E-state index contributed by atoms with van der Waals surface area (Å²) in [6, 6.07) is 1.71. The van der Waals surface area contributed by atoms with E-state index < -0.39 is 17.7 Å². The number of likely N-dealkylation sites (N-methyl/N-ethyl adjacent to an activating group) is 1. The average molecular weight is 337 g/mol. The van der Waals surface area contributed by atoms with Crippen molar-refractivity contribution in [2.24, 2.45) is 0 Å². The molecule has 0 bridgehead atoms. The molecule has 124 valence electrons. The minimum Gasteiger partial charge on any atom is -0.320 e. The van der Waals surface area contributed by atoms with E-state index in [9.17, 15) is 19.2 Å². The maximum absolute atomic E-state index is 12.7. The molecule has 1 aromatic rings. The highest BCUT2D eigenvalue weighted by Gasteiger charge is 2.33. The third-order valence-electron chi connectivity index (χ3n) is 3.58. The van der Waals surface area contributed by atoms with Gasteiger partial charge in [-0.25, -0.2) is 0 Å². The first-order valence-corrected chi connectivity index (χ1v) is 7.90. The zero-order chi connectivity index (χ0) is 17.4. The second-order valence-corrected chi connectivity index (χ2v) is 7.43. The number of imide groups is 1. The number of hydrogen-bond donors (Lipinski definition) is 1. The number of hydrogen-bond acceptors (Lipinski definition) is 5. The Morgan fingerprint density at radius 1 is 1.26 bits per heavy atom. The predicted octanol–water partition coefficient (Wildman–Crippen LogP) is 1.05. The van der Waals surface area contributed by atoms with Gasteiger partial charge in [-0.15, -0.1) is 11.3 Å². The van der Waals surface area contributed by atoms with Crippen LogP contribution in [-0.2, 0) is 19.8 Å². The summed E-state index contributed by atoms with van der Waals surface area (Å²) in [4.78, 5) is 50.2. The second-order valence-electron chi connectivity index (χ2n) is 6.37. The summed E-state index contributed by atoms with van der Waals surface area (Å²) < 4.78 is 0. The van der Waals surface area contributed by atoms with Crippen LogP contribution in [0.3, 0.4) is 0 Å². The summed E-state index contributed by atoms with van der Waals surface area (Å²) in [5.41, 5.74) is 0.119. The quantitative estimate of drug-likeness (QED) is 0.660. The maximum atomic E-state index is 12.7. The van der Waals surface area contributed by atoms with Gasteiger partial charge in [0.25, 0.3) is 5.91 Å². The molecule has 2 heterocycles. The fourth-order valence-electron chi connectivity index (χ4n) is 2.13. The fourth-order valence-corrected chi connectivity index (χ4v) is 3.19. The van der Waals surface area contributed by atoms with Gasteiger partial charge in [-0.1, -0.05) is 20.8 Å². The molecule has 7 nitrogen and oxygen atoms in total. The molecular weight excluding hydrogens is 318 g/mol. The monoisotopic (exact) mass is 337 g/mol. The molecule has 1 N–H and O–H groups in total. The maximum Gasteiger partial charge on any atom is 0.257 e. The van der Waals surface area contributed by atoms with Gasteiger partial charge in [0.05, 0.1) is 5.56 Å². The molecule has 1 fully saturated rings. The van der Waals surface area contributed by atoms with Gasteiger partial charge in [-0.3, -0.25) is 24.1 Å². The second kappa shape index (κ2) is 6.11. The normalized spacial score (nSPS) is 15.8. The molecule has 0 saturated carbocycles. The van der Waals surface area contributed by atoms with Crippen molar-refractivity contribution < 1.29 is 19.2 Å². The first-order valence-electron chi connectivity index (χ1n) is 7.08. The van der Waals surface area contributed by atoms with Gasteiger partial charge in [-0.05, 0) is 11.5 Å². The van der Waals surface area contributed by atoms with E-state index >= 15 is 0 Å². The van der Waals surface area contributed by atoms with Crippen LogP contribution >= 0.6 is 11.3 Å². The number of piperazine rings is 1. The third-order valence-corrected chi connectivity index (χ3v) is 5.07. The summed E-state index contributed by atoms with van der Waals surface area (Å²) in [6.07, 6.45) is 0.509. The number of nitrogens with zero attached hydrogens (tertiary/aromatic N) is 2. The molecule has 4 amide bonds. The molecule has 0 aliphatic carbocycles. The first-order chi connectivity index (χ1) is 10.6. The summed E-state index contributed by atoms with van der Waals surface area (Å²) in [7, 11) is 1.40. The van der Waals surface area contributed by atoms with Crippen LogP contribution in [0.15, 0.2) is 6.07 Å². The van der Waals surface area contributed by atoms with Crippen molar-refractivity contribution in [2.45, 2.75) is 26.2 Å². The zero-order valence-corrected chi connectivity index (χ0v) is 14.3. The van der Waals surface area contributed by atoms with Crippen molar-refractivity contribution in [3.63, 3.8) is 0 Å². The largest absolute Gasteiger partial charge is 0.320 e. The van der Waals surface area contributed by atoms with Gasteiger partial charge in [-0.2, -0.15) is 0 Å². The summed E-state index contributed by atoms with van der Waals surface area (Å²) in [6.45, 7) is 5.70. The van der Waals surface area contributed by atoms with E-state index in [1.54, 1.807) is 6.07 Å². The summed E-state index contributed by atoms with van der Waals surface area (Å²) >= 11 is 1.32. The Hall–Kier alpha value is -2.22. The van der Waals surface area contributed by atoms with Gasteiger partial charge in [0.2, 0.25) is 18.2 Å². The van der Waals surface area contributed by atoms with Gasteiger partial charge in [0.1, 0.15) is 18.1 Å². The number of anilines is 1. The highest BCUT2D eigenvalue weighted by molar-refractivity contribution is 7.16. The lowest BCUT2D eigenvalue weighted by Gasteiger charge is -2.30. The topological polar surface area (TPSA) is 86.8 Å². The van der Waals surface area contributed by atoms with E-state index in [4.69, 9.17) is 0 Å². The van der Waals surface area contributed by atoms with Gasteiger partial charge in [0, 0.05) is 11.9 Å². The van der Waals surface area contributed by atoms with E-state index in [2.05, 4.69) is 5.32 Å². The van der Waals surface area contributed by atoms with Crippen molar-refractivity contribution in [1.29, 1.82) is 0 Å². The van der Waals surface area contributed by atoms with Gasteiger partial charge < -0.3 is 10.2 Å². The molecule has 0 atom stereocenters. The molecule has 1 aromatic heterocycles. The molecule has 0 aromatic carbocycles. The Morgan fingerprint density at radius 2 is 1.83 bits per heavy atom. The standard InChI is InChI=1S/C15H19N3O4S/c1-15(2,3)10-5-9(13(23-10)16-8-19)14(22)18-6-11(20)17(4)12(21)7-18/h5,8H,6-7H2,1-4H3,(H,16,19). The zero-order valence-electron chi connectivity index (χ0n) is 13.5. The fraction of sp³-hybridized carbons (Fsp3) is 0.467. The van der Waals surface area contributed by atoms with Crippen LogP contribution in [0, 0.1) is 0 Å². The van der Waals surface area contributed by atoms with Crippen LogP contribution < -0.4 is 5.32 Å². The van der Waals surface area contributed by atoms with Crippen molar-refractivity contribution in [2.75, 3.05) is 25.5 Å². The van der Waals surface area contributed by atoms with Crippen LogP contribution in [0.25, 0.3) is 0 Å². The molecular formula is C15H19N3O4S. The molecule has 8 heteroatoms. The molecule has 23 heavy (non-hydrogen) atoms. The molecule has 0 unspecified atom stereocenters. The Kier molecular flexibility index (Phi) is 4.56. The number of thiophene rings is 1. The average Bonchev–Trinajstić information content (AvgIpc) is 2.88. The SMILES string of the molecule is CN1C(=O)CN(C(=O)c2cc(C(C)(C)C)sc2NC=O)CC1=O. The summed E-state index contributed by atoms with van der Waals surface area (Å²) in [5.74, 6) is -1.28. The number of carbonyl (C=O) groups is 4. The van der Waals surface area contributed by atoms with E-state index in [0.29, 0.717) is 17.0 Å². The van der Waals surface area contributed by atoms with Crippen molar-refractivity contribution in [1.82, 2.24) is 9.80 Å². The molecule has 1 saturated heterocycles. The molecule has 0 spiro atoms. The Balaban J connectivity index is 2.35. The van der Waals surface area contributed by atoms with Crippen LogP contribution in [-0.4, -0.2) is 54.1 Å². The van der Waals surface area contributed by atoms with Gasteiger partial charge >= 0.3 is 0 Å². The Bertz CT molecular complexity index is 657. The lowest BCUT2D eigenvalue weighted by atomic mass is 9.94. The van der Waals surface area contributed by atoms with E-state index in [1.165, 1.54) is 23.3 Å². The van der Waals surface area contributed by atoms with Crippen LogP contribution in [0.4, 0.5) is 5.00 Å². The number of nitrogens with one attached hydrogen (secondary N) is 1. The van der Waals surface area contributed by atoms with Gasteiger partial charge in [0.15, 0.2) is 0 Å². The third kappa shape index (κ3) is 3.42. The first kappa shape index (κ1) is 17.1. The van der Waals surface area contributed by atoms with Crippen molar-refractivity contribution >= 4 is 40.5 Å². The van der Waals surface area contributed by atoms with Crippen LogP contribution in [0.5, 0.6) is 0 Å². The molecule has 0 radical (unpaired) electrons. The highest BCUT2D eigenvalue weighted by atomic mass is 32.1. The molecule has 1 aliphatic rings. The van der Waals surface area contributed by atoms with E-state index in [1.807, 2.05) is 20.8 Å². The predicted molar refractivity (Wildman–Crippen MR) is 86.4 cm³/mol. The smallest absolute Gasteiger partial charge is 0.257 e. The molecule has 2 rings (SSSR count). The van der Waals surface area contributed by atoms with Crippen molar-refractivity contribution in [3.8, 4) is 0 Å². The minimum atomic E-state index is -0.434. The van der Waals surface area contributed by atoms with Crippen LogP contribution in [0.1, 0.15) is 36.0 Å². The van der Waals surface area contributed by atoms with Crippen LogP contribution in [0.2, 0.25) is 0 Å².